The first kappa shape index (κ1) is 22.4. The van der Waals surface area contributed by atoms with E-state index in [9.17, 15) is 19.5 Å². The minimum absolute atomic E-state index is 0.110. The molecule has 4 rings (SSSR count). The molecule has 8 nitrogen and oxygen atoms in total. The number of nitrogens with zero attached hydrogens (tertiary/aromatic N) is 2. The van der Waals surface area contributed by atoms with Gasteiger partial charge in [0.1, 0.15) is 22.7 Å². The summed E-state index contributed by atoms with van der Waals surface area (Å²) in [6.07, 6.45) is -0.151. The Bertz CT molecular complexity index is 1210. The molecule has 2 aliphatic rings. The molecule has 0 bridgehead atoms. The number of hydrogen-bond acceptors (Lipinski definition) is 6. The summed E-state index contributed by atoms with van der Waals surface area (Å²) in [7, 11) is 0. The van der Waals surface area contributed by atoms with Crippen LogP contribution in [0.5, 0.6) is 0 Å². The van der Waals surface area contributed by atoms with Crippen LogP contribution in [0.3, 0.4) is 0 Å². The molecule has 1 saturated heterocycles. The number of aromatic nitrogens is 1. The predicted octanol–water partition coefficient (Wildman–Crippen LogP) is 3.71. The summed E-state index contributed by atoms with van der Waals surface area (Å²) in [5.74, 6) is -3.30. The lowest BCUT2D eigenvalue weighted by molar-refractivity contribution is 0.0508. The highest BCUT2D eigenvalue weighted by Crippen LogP contribution is 2.47. The van der Waals surface area contributed by atoms with Crippen LogP contribution >= 0.6 is 11.8 Å². The first-order valence-corrected chi connectivity index (χ1v) is 11.0. The van der Waals surface area contributed by atoms with Gasteiger partial charge in [0.25, 0.3) is 0 Å². The standard InChI is InChI=1S/C21H23F2N3O5S/c1-9-26-15-11(17(27)13(19(28)29)18(26)32-9)7-12(22)16(14(15)23)25-6-5-10(8-25)24-20(30)31-21(2,3)4/h7,9-10H,5-6,8H2,1-4H3,(H,24,30)(H,28,29)/t9?,10-/m0/s1. The van der Waals surface area contributed by atoms with Gasteiger partial charge in [-0.05, 0) is 40.2 Å². The van der Waals surface area contributed by atoms with Crippen molar-refractivity contribution in [3.63, 3.8) is 0 Å². The molecule has 3 heterocycles. The van der Waals surface area contributed by atoms with Crippen molar-refractivity contribution in [3.05, 3.63) is 33.5 Å². The Labute approximate surface area is 186 Å². The van der Waals surface area contributed by atoms with E-state index in [4.69, 9.17) is 4.74 Å². The van der Waals surface area contributed by atoms with E-state index in [1.54, 1.807) is 27.7 Å². The highest BCUT2D eigenvalue weighted by Gasteiger charge is 2.37. The number of nitrogens with one attached hydrogen (secondary N) is 1. The molecule has 1 aromatic heterocycles. The Morgan fingerprint density at radius 1 is 1.31 bits per heavy atom. The maximum absolute atomic E-state index is 15.6. The fourth-order valence-corrected chi connectivity index (χ4v) is 5.26. The number of benzene rings is 1. The van der Waals surface area contributed by atoms with Gasteiger partial charge in [0.05, 0.1) is 27.3 Å². The Balaban J connectivity index is 1.71. The number of hydrogen-bond donors (Lipinski definition) is 2. The van der Waals surface area contributed by atoms with Crippen molar-refractivity contribution >= 4 is 40.4 Å². The lowest BCUT2D eigenvalue weighted by Crippen LogP contribution is -2.40. The van der Waals surface area contributed by atoms with Crippen molar-refractivity contribution in [2.75, 3.05) is 18.0 Å². The largest absolute Gasteiger partial charge is 0.477 e. The number of carbonyl (C=O) groups excluding carboxylic acids is 1. The molecular formula is C21H23F2N3O5S. The van der Waals surface area contributed by atoms with Crippen molar-refractivity contribution in [2.45, 2.75) is 56.2 Å². The monoisotopic (exact) mass is 467 g/mol. The zero-order valence-corrected chi connectivity index (χ0v) is 18.8. The lowest BCUT2D eigenvalue weighted by Gasteiger charge is -2.33. The van der Waals surface area contributed by atoms with Gasteiger partial charge >= 0.3 is 12.1 Å². The number of halogens is 2. The minimum Gasteiger partial charge on any atom is -0.477 e. The quantitative estimate of drug-likeness (QED) is 0.710. The predicted molar refractivity (Wildman–Crippen MR) is 116 cm³/mol. The Morgan fingerprint density at radius 3 is 2.59 bits per heavy atom. The number of fused-ring (bicyclic) bond motifs is 3. The van der Waals surface area contributed by atoms with Crippen LogP contribution in [0.25, 0.3) is 10.9 Å². The molecule has 2 aromatic rings. The van der Waals surface area contributed by atoms with Gasteiger partial charge in [-0.3, -0.25) is 4.79 Å². The van der Waals surface area contributed by atoms with E-state index in [0.717, 1.165) is 17.8 Å². The average Bonchev–Trinajstić information content (AvgIpc) is 3.08. The normalized spacial score (nSPS) is 20.1. The van der Waals surface area contributed by atoms with Crippen molar-refractivity contribution in [2.24, 2.45) is 0 Å². The third kappa shape index (κ3) is 3.68. The van der Waals surface area contributed by atoms with Crippen LogP contribution in [-0.4, -0.2) is 46.5 Å². The minimum atomic E-state index is -1.43. The number of carbonyl (C=O) groups is 2. The number of thioether (sulfide) groups is 1. The number of carboxylic acid groups (broad SMARTS) is 1. The van der Waals surface area contributed by atoms with Gasteiger partial charge in [0, 0.05) is 13.1 Å². The third-order valence-electron chi connectivity index (χ3n) is 5.40. The first-order valence-electron chi connectivity index (χ1n) is 10.1. The highest BCUT2D eigenvalue weighted by atomic mass is 32.2. The van der Waals surface area contributed by atoms with Crippen LogP contribution in [-0.2, 0) is 4.74 Å². The topological polar surface area (TPSA) is 101 Å². The smallest absolute Gasteiger partial charge is 0.407 e. The number of alkyl carbamates (subject to hydrolysis) is 1. The van der Waals surface area contributed by atoms with Crippen LogP contribution in [0.4, 0.5) is 19.3 Å². The molecule has 172 valence electrons. The average molecular weight is 467 g/mol. The molecule has 2 N–H and O–H groups in total. The molecule has 1 aromatic carbocycles. The summed E-state index contributed by atoms with van der Waals surface area (Å²) in [6.45, 7) is 7.40. The summed E-state index contributed by atoms with van der Waals surface area (Å²) >= 11 is 1.15. The van der Waals surface area contributed by atoms with Crippen LogP contribution in [0.2, 0.25) is 0 Å². The van der Waals surface area contributed by atoms with E-state index in [1.807, 2.05) is 0 Å². The van der Waals surface area contributed by atoms with Gasteiger partial charge in [-0.2, -0.15) is 0 Å². The van der Waals surface area contributed by atoms with Crippen molar-refractivity contribution < 1.29 is 28.2 Å². The van der Waals surface area contributed by atoms with E-state index in [1.165, 1.54) is 9.47 Å². The number of carboxylic acids is 1. The fourth-order valence-electron chi connectivity index (χ4n) is 4.12. The number of aromatic carboxylic acids is 1. The molecule has 2 atom stereocenters. The molecule has 0 radical (unpaired) electrons. The molecule has 2 aliphatic heterocycles. The second-order valence-corrected chi connectivity index (χ2v) is 10.2. The highest BCUT2D eigenvalue weighted by molar-refractivity contribution is 8.00. The van der Waals surface area contributed by atoms with Gasteiger partial charge in [-0.25, -0.2) is 18.4 Å². The van der Waals surface area contributed by atoms with Crippen LogP contribution < -0.4 is 15.6 Å². The fraction of sp³-hybridized carbons (Fsp3) is 0.476. The zero-order valence-electron chi connectivity index (χ0n) is 18.0. The van der Waals surface area contributed by atoms with Gasteiger partial charge in [-0.15, -0.1) is 0 Å². The van der Waals surface area contributed by atoms with E-state index in [0.29, 0.717) is 6.42 Å². The first-order chi connectivity index (χ1) is 14.9. The van der Waals surface area contributed by atoms with Crippen molar-refractivity contribution in [1.82, 2.24) is 9.88 Å². The lowest BCUT2D eigenvalue weighted by atomic mass is 10.1. The zero-order chi connectivity index (χ0) is 23.5. The molecule has 0 aliphatic carbocycles. The number of pyridine rings is 1. The number of amides is 1. The maximum atomic E-state index is 15.6. The maximum Gasteiger partial charge on any atom is 0.407 e. The number of anilines is 1. The molecule has 1 unspecified atom stereocenters. The summed E-state index contributed by atoms with van der Waals surface area (Å²) < 4.78 is 37.3. The molecule has 1 amide bonds. The molecule has 0 spiro atoms. The van der Waals surface area contributed by atoms with E-state index in [2.05, 4.69) is 5.32 Å². The van der Waals surface area contributed by atoms with E-state index in [-0.39, 0.29) is 46.1 Å². The van der Waals surface area contributed by atoms with E-state index >= 15 is 8.78 Å². The van der Waals surface area contributed by atoms with Crippen LogP contribution in [0.1, 0.15) is 49.8 Å². The Morgan fingerprint density at radius 2 is 2.00 bits per heavy atom. The van der Waals surface area contributed by atoms with Gasteiger partial charge < -0.3 is 24.6 Å². The summed E-state index contributed by atoms with van der Waals surface area (Å²) in [6, 6.07) is 0.536. The summed E-state index contributed by atoms with van der Waals surface area (Å²) in [4.78, 5) is 37.8. The molecule has 0 saturated carbocycles. The second-order valence-electron chi connectivity index (χ2n) is 8.90. The third-order valence-corrected chi connectivity index (χ3v) is 6.57. The Kier molecular flexibility index (Phi) is 5.35. The summed E-state index contributed by atoms with van der Waals surface area (Å²) in [5, 5.41) is 11.7. The Hall–Kier alpha value is -2.82. The van der Waals surface area contributed by atoms with E-state index < -0.39 is 40.3 Å². The second kappa shape index (κ2) is 7.65. The molecular weight excluding hydrogens is 444 g/mol. The van der Waals surface area contributed by atoms with Gasteiger partial charge in [0.2, 0.25) is 5.43 Å². The van der Waals surface area contributed by atoms with Crippen LogP contribution in [0.15, 0.2) is 15.9 Å². The number of ether oxygens (including phenoxy) is 1. The van der Waals surface area contributed by atoms with Crippen molar-refractivity contribution in [3.8, 4) is 0 Å². The molecule has 1 fully saturated rings. The van der Waals surface area contributed by atoms with Gasteiger partial charge in [-0.1, -0.05) is 11.8 Å². The number of rotatable bonds is 3. The molecule has 32 heavy (non-hydrogen) atoms. The van der Waals surface area contributed by atoms with Gasteiger partial charge in [0.15, 0.2) is 5.82 Å². The SMILES string of the molecule is CC1Sc2c(C(=O)O)c(=O)c3cc(F)c(N4CC[C@H](NC(=O)OC(C)(C)C)C4)c(F)c3n21. The van der Waals surface area contributed by atoms with Crippen molar-refractivity contribution in [1.29, 1.82) is 0 Å². The van der Waals surface area contributed by atoms with Crippen LogP contribution in [0, 0.1) is 11.6 Å². The molecule has 11 heteroatoms. The summed E-state index contributed by atoms with van der Waals surface area (Å²) in [5.41, 5.74) is -2.46.